The Hall–Kier alpha value is -4.05. The van der Waals surface area contributed by atoms with Crippen LogP contribution in [-0.4, -0.2) is 59.0 Å². The molecule has 0 spiro atoms. The molecule has 0 bridgehead atoms. The minimum Gasteiger partial charge on any atom is -0.370 e. The minimum absolute atomic E-state index is 0.0122. The zero-order valence-electron chi connectivity index (χ0n) is 22.7. The van der Waals surface area contributed by atoms with Gasteiger partial charge in [-0.1, -0.05) is 24.3 Å². The summed E-state index contributed by atoms with van der Waals surface area (Å²) in [6.45, 7) is 2.30. The second kappa shape index (κ2) is 9.80. The number of rotatable bonds is 6. The maximum Gasteiger partial charge on any atom is 0.251 e. The van der Waals surface area contributed by atoms with Crippen molar-refractivity contribution in [1.82, 2.24) is 15.0 Å². The van der Waals surface area contributed by atoms with Crippen LogP contribution >= 0.6 is 0 Å². The largest absolute Gasteiger partial charge is 0.370 e. The average Bonchev–Trinajstić information content (AvgIpc) is 3.49. The summed E-state index contributed by atoms with van der Waals surface area (Å²) in [6, 6.07) is 18.2. The number of alkyl halides is 2. The number of carbonyl (C=O) groups excluding carboxylic acids is 1. The summed E-state index contributed by atoms with van der Waals surface area (Å²) in [6.07, 6.45) is 3.75. The molecule has 212 valence electrons. The fourth-order valence-electron chi connectivity index (χ4n) is 6.16. The van der Waals surface area contributed by atoms with Gasteiger partial charge in [-0.2, -0.15) is 0 Å². The number of benzene rings is 2. The minimum atomic E-state index is -2.62. The number of hydrogen-bond donors (Lipinski definition) is 3. The Morgan fingerprint density at radius 3 is 2.46 bits per heavy atom. The molecule has 3 fully saturated rings. The second-order valence-corrected chi connectivity index (χ2v) is 11.6. The van der Waals surface area contributed by atoms with Crippen molar-refractivity contribution < 1.29 is 13.6 Å². The molecule has 4 aromatic rings. The molecule has 2 saturated heterocycles. The van der Waals surface area contributed by atoms with E-state index in [1.807, 2.05) is 41.3 Å². The zero-order chi connectivity index (χ0) is 28.2. The van der Waals surface area contributed by atoms with Crippen LogP contribution in [0.5, 0.6) is 0 Å². The Kier molecular flexibility index (Phi) is 6.19. The van der Waals surface area contributed by atoms with Gasteiger partial charge in [0.15, 0.2) is 0 Å². The van der Waals surface area contributed by atoms with E-state index in [0.29, 0.717) is 11.5 Å². The van der Waals surface area contributed by atoms with Crippen molar-refractivity contribution in [1.29, 1.82) is 0 Å². The first-order valence-electron chi connectivity index (χ1n) is 14.3. The van der Waals surface area contributed by atoms with Crippen LogP contribution in [0, 0.1) is 0 Å². The van der Waals surface area contributed by atoms with E-state index in [0.717, 1.165) is 65.9 Å². The predicted octanol–water partition coefficient (Wildman–Crippen LogP) is 5.07. The van der Waals surface area contributed by atoms with Crippen molar-refractivity contribution >= 4 is 34.1 Å². The molecule has 4 heterocycles. The molecule has 2 aromatic heterocycles. The number of carbonyl (C=O) groups is 1. The van der Waals surface area contributed by atoms with Crippen LogP contribution in [0.3, 0.4) is 0 Å². The summed E-state index contributed by atoms with van der Waals surface area (Å²) >= 11 is 0. The number of nitrogens with zero attached hydrogens (tertiary/aromatic N) is 4. The Balaban J connectivity index is 1.06. The maximum atomic E-state index is 13.7. The Morgan fingerprint density at radius 2 is 1.76 bits per heavy atom. The number of aromatic nitrogens is 3. The third-order valence-electron chi connectivity index (χ3n) is 8.83. The van der Waals surface area contributed by atoms with E-state index in [1.54, 1.807) is 0 Å². The molecule has 1 saturated carbocycles. The van der Waals surface area contributed by atoms with Crippen molar-refractivity contribution in [3.63, 3.8) is 0 Å². The number of amides is 1. The van der Waals surface area contributed by atoms with Gasteiger partial charge in [-0.15, -0.1) is 0 Å². The summed E-state index contributed by atoms with van der Waals surface area (Å²) in [4.78, 5) is 29.8. The molecule has 2 aliphatic heterocycles. The van der Waals surface area contributed by atoms with E-state index in [-0.39, 0.29) is 37.9 Å². The SMILES string of the molecule is N[C@@H]1CCN(c2cccc(C3(C(=O)Nc4ccc(-c5cc6c(N7CCC(F)(F)CC7)ncnc6[nH]5)cc4)CC3)c2)C1. The van der Waals surface area contributed by atoms with Gasteiger partial charge in [0, 0.05) is 62.1 Å². The first-order valence-corrected chi connectivity index (χ1v) is 14.3. The highest BCUT2D eigenvalue weighted by Crippen LogP contribution is 2.50. The van der Waals surface area contributed by atoms with Crippen LogP contribution in [0.2, 0.25) is 0 Å². The number of nitrogens with two attached hydrogens (primary N) is 1. The lowest BCUT2D eigenvalue weighted by molar-refractivity contribution is -0.118. The van der Waals surface area contributed by atoms with Crippen LogP contribution in [0.1, 0.15) is 37.7 Å². The Labute approximate surface area is 237 Å². The van der Waals surface area contributed by atoms with E-state index >= 15 is 0 Å². The number of aromatic amines is 1. The van der Waals surface area contributed by atoms with Crippen molar-refractivity contribution in [3.05, 3.63) is 66.5 Å². The van der Waals surface area contributed by atoms with Crippen LogP contribution in [0.4, 0.5) is 26.0 Å². The summed E-state index contributed by atoms with van der Waals surface area (Å²) in [7, 11) is 0. The lowest BCUT2D eigenvalue weighted by Crippen LogP contribution is -2.39. The third kappa shape index (κ3) is 4.90. The molecular formula is C31H33F2N7O. The first kappa shape index (κ1) is 25.9. The van der Waals surface area contributed by atoms with E-state index in [1.165, 1.54) is 6.33 Å². The quantitative estimate of drug-likeness (QED) is 0.306. The van der Waals surface area contributed by atoms with Gasteiger partial charge in [0.25, 0.3) is 5.92 Å². The Morgan fingerprint density at radius 1 is 0.976 bits per heavy atom. The summed E-state index contributed by atoms with van der Waals surface area (Å²) in [5.41, 5.74) is 11.0. The molecule has 1 amide bonds. The first-order chi connectivity index (χ1) is 19.8. The second-order valence-electron chi connectivity index (χ2n) is 11.6. The van der Waals surface area contributed by atoms with Gasteiger partial charge in [-0.3, -0.25) is 4.79 Å². The molecule has 4 N–H and O–H groups in total. The molecule has 0 unspecified atom stereocenters. The zero-order valence-corrected chi connectivity index (χ0v) is 22.7. The van der Waals surface area contributed by atoms with E-state index in [4.69, 9.17) is 5.73 Å². The molecule has 3 aliphatic rings. The van der Waals surface area contributed by atoms with E-state index < -0.39 is 11.3 Å². The lowest BCUT2D eigenvalue weighted by atomic mass is 9.94. The molecule has 10 heteroatoms. The lowest BCUT2D eigenvalue weighted by Gasteiger charge is -2.32. The van der Waals surface area contributed by atoms with Crippen LogP contribution in [0.15, 0.2) is 60.9 Å². The molecule has 1 atom stereocenters. The maximum absolute atomic E-state index is 13.7. The number of anilines is 3. The average molecular weight is 558 g/mol. The van der Waals surface area contributed by atoms with Gasteiger partial charge in [0.2, 0.25) is 5.91 Å². The number of hydrogen-bond acceptors (Lipinski definition) is 6. The highest BCUT2D eigenvalue weighted by atomic mass is 19.3. The Bertz CT molecular complexity index is 1590. The molecule has 1 aliphatic carbocycles. The van der Waals surface area contributed by atoms with Crippen molar-refractivity contribution in [2.45, 2.75) is 49.5 Å². The van der Waals surface area contributed by atoms with Crippen LogP contribution < -0.4 is 20.9 Å². The highest BCUT2D eigenvalue weighted by molar-refractivity contribution is 6.01. The molecular weight excluding hydrogens is 524 g/mol. The number of fused-ring (bicyclic) bond motifs is 1. The molecule has 8 nitrogen and oxygen atoms in total. The monoisotopic (exact) mass is 557 g/mol. The van der Waals surface area contributed by atoms with Gasteiger partial charge >= 0.3 is 0 Å². The number of nitrogens with one attached hydrogen (secondary N) is 2. The topological polar surface area (TPSA) is 103 Å². The molecule has 7 rings (SSSR count). The normalized spacial score (nSPS) is 21.3. The van der Waals surface area contributed by atoms with Crippen molar-refractivity contribution in [2.24, 2.45) is 5.73 Å². The fraction of sp³-hybridized carbons (Fsp3) is 0.387. The summed E-state index contributed by atoms with van der Waals surface area (Å²) < 4.78 is 27.4. The van der Waals surface area contributed by atoms with E-state index in [2.05, 4.69) is 43.4 Å². The molecule has 41 heavy (non-hydrogen) atoms. The predicted molar refractivity (Wildman–Crippen MR) is 157 cm³/mol. The van der Waals surface area contributed by atoms with Crippen LogP contribution in [-0.2, 0) is 10.2 Å². The van der Waals surface area contributed by atoms with Crippen LogP contribution in [0.25, 0.3) is 22.3 Å². The summed E-state index contributed by atoms with van der Waals surface area (Å²) in [5.74, 6) is -1.93. The number of H-pyrrole nitrogens is 1. The van der Waals surface area contributed by atoms with Gasteiger partial charge in [0.05, 0.1) is 10.8 Å². The number of piperidine rings is 1. The smallest absolute Gasteiger partial charge is 0.251 e. The molecule has 0 radical (unpaired) electrons. The number of halogens is 2. The van der Waals surface area contributed by atoms with Gasteiger partial charge in [0.1, 0.15) is 17.8 Å². The summed E-state index contributed by atoms with van der Waals surface area (Å²) in [5, 5.41) is 3.93. The van der Waals surface area contributed by atoms with Gasteiger partial charge < -0.3 is 25.8 Å². The van der Waals surface area contributed by atoms with Crippen molar-refractivity contribution in [3.8, 4) is 11.3 Å². The standard InChI is InChI=1S/C31H33F2N7O/c32-31(33)11-14-39(15-12-31)28-25-17-26(38-27(25)35-19-36-28)20-4-6-23(7-5-20)37-29(41)30(9-10-30)21-2-1-3-24(16-21)40-13-8-22(34)18-40/h1-7,16-17,19,22H,8-15,18,34H2,(H,37,41)(H,35,36,38)/t22-/m1/s1. The highest BCUT2D eigenvalue weighted by Gasteiger charge is 2.51. The van der Waals surface area contributed by atoms with Gasteiger partial charge in [-0.25, -0.2) is 18.7 Å². The fourth-order valence-corrected chi connectivity index (χ4v) is 6.16. The third-order valence-corrected chi connectivity index (χ3v) is 8.83. The van der Waals surface area contributed by atoms with E-state index in [9.17, 15) is 13.6 Å². The van der Waals surface area contributed by atoms with Crippen molar-refractivity contribution in [2.75, 3.05) is 41.3 Å². The molecule has 2 aromatic carbocycles. The van der Waals surface area contributed by atoms with Gasteiger partial charge in [-0.05, 0) is 60.7 Å².